The molecule has 5 nitrogen and oxygen atoms in total. The molecule has 1 atom stereocenters. The van der Waals surface area contributed by atoms with Crippen LogP contribution in [0.4, 0.5) is 0 Å². The molecule has 0 aromatic rings. The molecule has 1 saturated carbocycles. The predicted octanol–water partition coefficient (Wildman–Crippen LogP) is 0.184. The fraction of sp³-hybridized carbons (Fsp3) is 0.909. The zero-order valence-electron chi connectivity index (χ0n) is 10.2. The molecule has 0 aromatic heterocycles. The lowest BCUT2D eigenvalue weighted by Gasteiger charge is -2.30. The van der Waals surface area contributed by atoms with Crippen LogP contribution in [0.15, 0.2) is 0 Å². The number of piperidine rings is 1. The summed E-state index contributed by atoms with van der Waals surface area (Å²) >= 11 is 0. The maximum absolute atomic E-state index is 11.9. The van der Waals surface area contributed by atoms with E-state index in [4.69, 9.17) is 0 Å². The zero-order valence-corrected chi connectivity index (χ0v) is 11.0. The van der Waals surface area contributed by atoms with Gasteiger partial charge in [0.2, 0.25) is 15.9 Å². The molecule has 98 valence electrons. The van der Waals surface area contributed by atoms with Gasteiger partial charge >= 0.3 is 0 Å². The fourth-order valence-corrected chi connectivity index (χ4v) is 3.08. The summed E-state index contributed by atoms with van der Waals surface area (Å²) in [6, 6.07) is 0. The van der Waals surface area contributed by atoms with Gasteiger partial charge in [-0.25, -0.2) is 12.7 Å². The number of rotatable bonds is 4. The van der Waals surface area contributed by atoms with Crippen molar-refractivity contribution < 1.29 is 13.2 Å². The van der Waals surface area contributed by atoms with E-state index in [1.165, 1.54) is 23.4 Å². The standard InChI is InChI=1S/C11H20N2O3S/c1-17(15,16)13-6-2-3-10(8-13)11(14)12-7-9-4-5-9/h9-10H,2-8H2,1H3,(H,12,14)/t10-/m0/s1. The van der Waals surface area contributed by atoms with E-state index >= 15 is 0 Å². The van der Waals surface area contributed by atoms with Crippen LogP contribution in [0.3, 0.4) is 0 Å². The monoisotopic (exact) mass is 260 g/mol. The SMILES string of the molecule is CS(=O)(=O)N1CCC[C@H](C(=O)NCC2CC2)C1. The lowest BCUT2D eigenvalue weighted by atomic mass is 9.99. The number of sulfonamides is 1. The highest BCUT2D eigenvalue weighted by Gasteiger charge is 2.31. The van der Waals surface area contributed by atoms with Crippen molar-refractivity contribution in [3.8, 4) is 0 Å². The fourth-order valence-electron chi connectivity index (χ4n) is 2.17. The Labute approximate surface area is 103 Å². The van der Waals surface area contributed by atoms with Gasteiger partial charge in [0.25, 0.3) is 0 Å². The molecule has 0 aromatic carbocycles. The highest BCUT2D eigenvalue weighted by molar-refractivity contribution is 7.88. The lowest BCUT2D eigenvalue weighted by Crippen LogP contribution is -2.45. The van der Waals surface area contributed by atoms with E-state index in [9.17, 15) is 13.2 Å². The number of nitrogens with zero attached hydrogens (tertiary/aromatic N) is 1. The molecule has 1 saturated heterocycles. The second kappa shape index (κ2) is 4.94. The molecular formula is C11H20N2O3S. The van der Waals surface area contributed by atoms with Crippen molar-refractivity contribution in [1.82, 2.24) is 9.62 Å². The first-order valence-electron chi connectivity index (χ1n) is 6.19. The van der Waals surface area contributed by atoms with Crippen molar-refractivity contribution in [1.29, 1.82) is 0 Å². The molecule has 1 aliphatic carbocycles. The summed E-state index contributed by atoms with van der Waals surface area (Å²) in [5.74, 6) is 0.510. The largest absolute Gasteiger partial charge is 0.356 e. The Morgan fingerprint density at radius 3 is 2.65 bits per heavy atom. The quantitative estimate of drug-likeness (QED) is 0.784. The van der Waals surface area contributed by atoms with Crippen LogP contribution >= 0.6 is 0 Å². The van der Waals surface area contributed by atoms with Gasteiger partial charge in [0.15, 0.2) is 0 Å². The molecular weight excluding hydrogens is 240 g/mol. The average Bonchev–Trinajstić information content (AvgIpc) is 3.09. The number of hydrogen-bond donors (Lipinski definition) is 1. The van der Waals surface area contributed by atoms with E-state index in [-0.39, 0.29) is 11.8 Å². The van der Waals surface area contributed by atoms with Gasteiger partial charge in [-0.1, -0.05) is 0 Å². The molecule has 0 spiro atoms. The Hall–Kier alpha value is -0.620. The van der Waals surface area contributed by atoms with Crippen LogP contribution in [0.25, 0.3) is 0 Å². The van der Waals surface area contributed by atoms with Gasteiger partial charge in [0, 0.05) is 19.6 Å². The van der Waals surface area contributed by atoms with Crippen LogP contribution in [0.1, 0.15) is 25.7 Å². The summed E-state index contributed by atoms with van der Waals surface area (Å²) in [4.78, 5) is 11.9. The first-order chi connectivity index (χ1) is 7.97. The van der Waals surface area contributed by atoms with Gasteiger partial charge in [-0.2, -0.15) is 0 Å². The Kier molecular flexibility index (Phi) is 3.73. The summed E-state index contributed by atoms with van der Waals surface area (Å²) in [5, 5.41) is 2.93. The van der Waals surface area contributed by atoms with Crippen molar-refractivity contribution in [2.75, 3.05) is 25.9 Å². The maximum Gasteiger partial charge on any atom is 0.224 e. The van der Waals surface area contributed by atoms with Crippen molar-refractivity contribution in [3.05, 3.63) is 0 Å². The minimum atomic E-state index is -3.16. The Balaban J connectivity index is 1.85. The molecule has 17 heavy (non-hydrogen) atoms. The summed E-state index contributed by atoms with van der Waals surface area (Å²) in [6.07, 6.45) is 5.19. The predicted molar refractivity (Wildman–Crippen MR) is 64.9 cm³/mol. The molecule has 1 heterocycles. The number of nitrogens with one attached hydrogen (secondary N) is 1. The molecule has 6 heteroatoms. The highest BCUT2D eigenvalue weighted by atomic mass is 32.2. The van der Waals surface area contributed by atoms with Gasteiger partial charge < -0.3 is 5.32 Å². The molecule has 2 fully saturated rings. The summed E-state index contributed by atoms with van der Waals surface area (Å²) in [6.45, 7) is 1.65. The minimum absolute atomic E-state index is 0.0188. The number of carbonyl (C=O) groups is 1. The van der Waals surface area contributed by atoms with Crippen molar-refractivity contribution in [2.24, 2.45) is 11.8 Å². The molecule has 0 unspecified atom stereocenters. The normalized spacial score (nSPS) is 26.8. The van der Waals surface area contributed by atoms with E-state index in [1.807, 2.05) is 0 Å². The van der Waals surface area contributed by atoms with E-state index < -0.39 is 10.0 Å². The van der Waals surface area contributed by atoms with Gasteiger partial charge in [-0.15, -0.1) is 0 Å². The maximum atomic E-state index is 11.9. The Morgan fingerprint density at radius 2 is 2.06 bits per heavy atom. The van der Waals surface area contributed by atoms with Crippen molar-refractivity contribution >= 4 is 15.9 Å². The van der Waals surface area contributed by atoms with Crippen LogP contribution in [0.5, 0.6) is 0 Å². The first-order valence-corrected chi connectivity index (χ1v) is 8.04. The second-order valence-corrected chi connectivity index (χ2v) is 7.13. The van der Waals surface area contributed by atoms with Gasteiger partial charge in [0.1, 0.15) is 0 Å². The summed E-state index contributed by atoms with van der Waals surface area (Å²) in [7, 11) is -3.16. The Morgan fingerprint density at radius 1 is 1.35 bits per heavy atom. The molecule has 1 aliphatic heterocycles. The second-order valence-electron chi connectivity index (χ2n) is 5.15. The third kappa shape index (κ3) is 3.67. The van der Waals surface area contributed by atoms with Gasteiger partial charge in [0.05, 0.1) is 12.2 Å². The average molecular weight is 260 g/mol. The van der Waals surface area contributed by atoms with E-state index in [1.54, 1.807) is 0 Å². The minimum Gasteiger partial charge on any atom is -0.356 e. The molecule has 2 rings (SSSR count). The van der Waals surface area contributed by atoms with Crippen LogP contribution in [-0.2, 0) is 14.8 Å². The summed E-state index contributed by atoms with van der Waals surface area (Å²) < 4.78 is 24.3. The van der Waals surface area contributed by atoms with Crippen LogP contribution in [0.2, 0.25) is 0 Å². The first kappa shape index (κ1) is 12.8. The number of carbonyl (C=O) groups excluding carboxylic acids is 1. The molecule has 0 radical (unpaired) electrons. The Bertz CT molecular complexity index is 390. The van der Waals surface area contributed by atoms with E-state index in [2.05, 4.69) is 5.32 Å². The van der Waals surface area contributed by atoms with Gasteiger partial charge in [-0.05, 0) is 31.6 Å². The van der Waals surface area contributed by atoms with E-state index in [0.717, 1.165) is 19.4 Å². The van der Waals surface area contributed by atoms with E-state index in [0.29, 0.717) is 19.0 Å². The molecule has 1 N–H and O–H groups in total. The summed E-state index contributed by atoms with van der Waals surface area (Å²) in [5.41, 5.74) is 0. The van der Waals surface area contributed by atoms with Crippen molar-refractivity contribution in [3.63, 3.8) is 0 Å². The molecule has 0 bridgehead atoms. The third-order valence-electron chi connectivity index (χ3n) is 3.49. The third-order valence-corrected chi connectivity index (χ3v) is 4.76. The number of amides is 1. The van der Waals surface area contributed by atoms with Gasteiger partial charge in [-0.3, -0.25) is 4.79 Å². The molecule has 1 amide bonds. The zero-order chi connectivity index (χ0) is 12.5. The van der Waals surface area contributed by atoms with Crippen molar-refractivity contribution in [2.45, 2.75) is 25.7 Å². The smallest absolute Gasteiger partial charge is 0.224 e. The lowest BCUT2D eigenvalue weighted by molar-refractivity contribution is -0.126. The van der Waals surface area contributed by atoms with Crippen LogP contribution < -0.4 is 5.32 Å². The topological polar surface area (TPSA) is 66.5 Å². The van der Waals surface area contributed by atoms with Crippen LogP contribution in [-0.4, -0.2) is 44.5 Å². The highest BCUT2D eigenvalue weighted by Crippen LogP contribution is 2.28. The van der Waals surface area contributed by atoms with Crippen LogP contribution in [0, 0.1) is 11.8 Å². The molecule has 2 aliphatic rings. The number of hydrogen-bond acceptors (Lipinski definition) is 3.